The summed E-state index contributed by atoms with van der Waals surface area (Å²) in [5.74, 6) is -1.52. The maximum Gasteiger partial charge on any atom is 0.335 e. The summed E-state index contributed by atoms with van der Waals surface area (Å²) in [5, 5.41) is 44.4. The number of ether oxygens (including phenoxy) is 1. The van der Waals surface area contributed by atoms with E-state index in [0.29, 0.717) is 0 Å². The van der Waals surface area contributed by atoms with Crippen LogP contribution in [0.3, 0.4) is 0 Å². The Morgan fingerprint density at radius 3 is 1.93 bits per heavy atom. The van der Waals surface area contributed by atoms with Crippen LogP contribution < -0.4 is 0 Å². The molecule has 0 unspecified atom stereocenters. The Bertz CT molecular complexity index is 210. The van der Waals surface area contributed by atoms with E-state index in [2.05, 4.69) is 4.74 Å². The molecule has 0 radical (unpaired) electrons. The average molecular weight is 224 g/mol. The van der Waals surface area contributed by atoms with Crippen molar-refractivity contribution in [3.05, 3.63) is 0 Å². The van der Waals surface area contributed by atoms with Crippen LogP contribution >= 0.6 is 0 Å². The maximum atomic E-state index is 10.4. The largest absolute Gasteiger partial charge is 0.479 e. The first-order valence-electron chi connectivity index (χ1n) is 3.55. The van der Waals surface area contributed by atoms with Gasteiger partial charge in [-0.3, -0.25) is 0 Å². The molecule has 0 aromatic rings. The lowest BCUT2D eigenvalue weighted by Crippen LogP contribution is -2.59. The van der Waals surface area contributed by atoms with Crippen LogP contribution in [-0.4, -0.2) is 79.6 Å². The molecule has 1 rings (SSSR count). The molecule has 82 valence electrons. The molecule has 7 nitrogen and oxygen atoms in total. The molecule has 1 aliphatic heterocycles. The van der Waals surface area contributed by atoms with Gasteiger partial charge in [0, 0.05) is 0 Å². The van der Waals surface area contributed by atoms with Crippen molar-refractivity contribution in [1.29, 1.82) is 0 Å². The van der Waals surface area contributed by atoms with Crippen LogP contribution in [0.4, 0.5) is 0 Å². The lowest BCUT2D eigenvalue weighted by molar-refractivity contribution is -0.279. The summed E-state index contributed by atoms with van der Waals surface area (Å²) in [6, 6.07) is 0. The third-order valence-electron chi connectivity index (χ3n) is 1.83. The van der Waals surface area contributed by atoms with Gasteiger partial charge >= 0.3 is 5.97 Å². The minimum absolute atomic E-state index is 0. The summed E-state index contributed by atoms with van der Waals surface area (Å²) in [5.41, 5.74) is 0. The van der Waals surface area contributed by atoms with Gasteiger partial charge in [-0.2, -0.15) is 0 Å². The van der Waals surface area contributed by atoms with Crippen LogP contribution in [0, 0.1) is 0 Å². The normalized spacial score (nSPS) is 42.7. The maximum absolute atomic E-state index is 10.4. The molecule has 1 fully saturated rings. The van der Waals surface area contributed by atoms with E-state index >= 15 is 0 Å². The van der Waals surface area contributed by atoms with Gasteiger partial charge < -0.3 is 30.3 Å². The number of rotatable bonds is 1. The number of aliphatic hydroxyl groups excluding tert-OH is 4. The van der Waals surface area contributed by atoms with E-state index < -0.39 is 36.7 Å². The molecule has 8 heteroatoms. The Morgan fingerprint density at radius 1 is 1.00 bits per heavy atom. The van der Waals surface area contributed by atoms with Gasteiger partial charge in [-0.1, -0.05) is 0 Å². The second-order valence-corrected chi connectivity index (χ2v) is 2.76. The number of aliphatic carboxylic acids is 1. The van der Waals surface area contributed by atoms with Crippen LogP contribution in [0.25, 0.3) is 0 Å². The third-order valence-corrected chi connectivity index (χ3v) is 1.83. The van der Waals surface area contributed by atoms with Crippen molar-refractivity contribution in [2.75, 3.05) is 0 Å². The molecule has 0 aromatic heterocycles. The van der Waals surface area contributed by atoms with E-state index in [-0.39, 0.29) is 17.4 Å². The first-order valence-corrected chi connectivity index (χ1v) is 3.55. The highest BCUT2D eigenvalue weighted by molar-refractivity contribution is 5.75. The molecular formula is C6H13AlO7. The highest BCUT2D eigenvalue weighted by atomic mass is 27.0. The van der Waals surface area contributed by atoms with Crippen molar-refractivity contribution in [3.8, 4) is 0 Å². The Labute approximate surface area is 89.7 Å². The lowest BCUT2D eigenvalue weighted by Gasteiger charge is -2.36. The molecule has 0 bridgehead atoms. The van der Waals surface area contributed by atoms with Crippen molar-refractivity contribution in [1.82, 2.24) is 0 Å². The van der Waals surface area contributed by atoms with Crippen molar-refractivity contribution in [2.24, 2.45) is 0 Å². The smallest absolute Gasteiger partial charge is 0.335 e. The van der Waals surface area contributed by atoms with Crippen LogP contribution in [0.1, 0.15) is 0 Å². The van der Waals surface area contributed by atoms with Crippen LogP contribution in [0.15, 0.2) is 0 Å². The topological polar surface area (TPSA) is 127 Å². The summed E-state index contributed by atoms with van der Waals surface area (Å²) in [6.45, 7) is 0. The van der Waals surface area contributed by atoms with Gasteiger partial charge in [-0.15, -0.1) is 0 Å². The predicted octanol–water partition coefficient (Wildman–Crippen LogP) is -4.31. The first-order chi connectivity index (χ1) is 5.95. The quantitative estimate of drug-likeness (QED) is 0.285. The van der Waals surface area contributed by atoms with E-state index in [9.17, 15) is 4.79 Å². The van der Waals surface area contributed by atoms with Gasteiger partial charge in [0.25, 0.3) is 0 Å². The van der Waals surface area contributed by atoms with Gasteiger partial charge in [0.2, 0.25) is 0 Å². The average Bonchev–Trinajstić information content (AvgIpc) is 2.07. The number of hydrogen-bond acceptors (Lipinski definition) is 6. The molecule has 0 aliphatic carbocycles. The minimum Gasteiger partial charge on any atom is -0.479 e. The lowest BCUT2D eigenvalue weighted by atomic mass is 9.99. The molecule has 5 atom stereocenters. The zero-order chi connectivity index (χ0) is 10.2. The van der Waals surface area contributed by atoms with Gasteiger partial charge in [-0.05, 0) is 0 Å². The summed E-state index contributed by atoms with van der Waals surface area (Å²) >= 11 is 0. The summed E-state index contributed by atoms with van der Waals surface area (Å²) in [4.78, 5) is 10.4. The number of hydrogen-bond donors (Lipinski definition) is 5. The number of carboxylic acid groups (broad SMARTS) is 1. The number of aliphatic hydroxyl groups is 4. The monoisotopic (exact) mass is 224 g/mol. The molecule has 5 N–H and O–H groups in total. The van der Waals surface area contributed by atoms with Gasteiger partial charge in [0.1, 0.15) is 18.3 Å². The SMILES string of the molecule is O=C(O)[C@H]1O[C@@H](O)[C@H](O)[C@@H](O)[C@@H]1O.[AlH3]. The first kappa shape index (κ1) is 13.8. The fraction of sp³-hybridized carbons (Fsp3) is 0.833. The summed E-state index contributed by atoms with van der Waals surface area (Å²) in [7, 11) is 0. The van der Waals surface area contributed by atoms with Gasteiger partial charge in [0.15, 0.2) is 29.8 Å². The van der Waals surface area contributed by atoms with Crippen molar-refractivity contribution in [3.63, 3.8) is 0 Å². The Morgan fingerprint density at radius 2 is 1.50 bits per heavy atom. The molecule has 1 aliphatic rings. The zero-order valence-corrected chi connectivity index (χ0v) is 6.44. The Hall–Kier alpha value is -0.198. The van der Waals surface area contributed by atoms with E-state index in [4.69, 9.17) is 25.5 Å². The molecule has 0 aromatic carbocycles. The molecule has 0 saturated carbocycles. The highest BCUT2D eigenvalue weighted by Gasteiger charge is 2.46. The fourth-order valence-corrected chi connectivity index (χ4v) is 1.07. The Balaban J connectivity index is 0.00000169. The van der Waals surface area contributed by atoms with E-state index in [1.54, 1.807) is 0 Å². The second kappa shape index (κ2) is 5.04. The molecule has 0 amide bonds. The fourth-order valence-electron chi connectivity index (χ4n) is 1.07. The molecular weight excluding hydrogens is 211 g/mol. The number of carboxylic acids is 1. The zero-order valence-electron chi connectivity index (χ0n) is 6.44. The number of carbonyl (C=O) groups is 1. The standard InChI is InChI=1S/C6H10O7.Al.3H/c7-1-2(8)4(5(10)11)13-6(12)3(1)9;;;;/h1-4,6-9,12H,(H,10,11);;;;/t1-,2-,3+,4-,6+;;;;/m0..../s1. The molecule has 14 heavy (non-hydrogen) atoms. The molecule has 1 saturated heterocycles. The third kappa shape index (κ3) is 2.43. The van der Waals surface area contributed by atoms with Crippen LogP contribution in [0.2, 0.25) is 0 Å². The van der Waals surface area contributed by atoms with E-state index in [1.165, 1.54) is 0 Å². The van der Waals surface area contributed by atoms with Crippen LogP contribution in [0.5, 0.6) is 0 Å². The summed E-state index contributed by atoms with van der Waals surface area (Å²) in [6.07, 6.45) is -8.72. The summed E-state index contributed by atoms with van der Waals surface area (Å²) < 4.78 is 4.34. The second-order valence-electron chi connectivity index (χ2n) is 2.76. The van der Waals surface area contributed by atoms with Gasteiger partial charge in [0.05, 0.1) is 0 Å². The highest BCUT2D eigenvalue weighted by Crippen LogP contribution is 2.19. The van der Waals surface area contributed by atoms with E-state index in [0.717, 1.165) is 0 Å². The molecule has 1 heterocycles. The van der Waals surface area contributed by atoms with E-state index in [1.807, 2.05) is 0 Å². The predicted molar refractivity (Wildman–Crippen MR) is 46.5 cm³/mol. The Kier molecular flexibility index (Phi) is 4.97. The van der Waals surface area contributed by atoms with Crippen molar-refractivity contribution in [2.45, 2.75) is 30.7 Å². The van der Waals surface area contributed by atoms with Gasteiger partial charge in [-0.25, -0.2) is 4.79 Å². The minimum atomic E-state index is -1.81. The van der Waals surface area contributed by atoms with Crippen LogP contribution in [-0.2, 0) is 9.53 Å². The van der Waals surface area contributed by atoms with Crippen molar-refractivity contribution < 1.29 is 35.1 Å². The molecule has 0 spiro atoms. The van der Waals surface area contributed by atoms with Crippen molar-refractivity contribution >= 4 is 23.3 Å².